The van der Waals surface area contributed by atoms with Crippen molar-refractivity contribution in [2.45, 2.75) is 13.8 Å². The van der Waals surface area contributed by atoms with Crippen molar-refractivity contribution in [1.29, 1.82) is 5.26 Å². The Bertz CT molecular complexity index is 720. The number of benzene rings is 1. The van der Waals surface area contributed by atoms with Crippen LogP contribution in [0.4, 0.5) is 11.5 Å². The molecule has 2 heterocycles. The van der Waals surface area contributed by atoms with Crippen molar-refractivity contribution in [3.05, 3.63) is 41.1 Å². The van der Waals surface area contributed by atoms with Crippen LogP contribution in [0.5, 0.6) is 11.5 Å². The largest absolute Gasteiger partial charge is 0.454 e. The van der Waals surface area contributed by atoms with Crippen molar-refractivity contribution in [3.63, 3.8) is 0 Å². The summed E-state index contributed by atoms with van der Waals surface area (Å²) in [4.78, 5) is 4.39. The van der Waals surface area contributed by atoms with Crippen LogP contribution in [-0.2, 0) is 0 Å². The summed E-state index contributed by atoms with van der Waals surface area (Å²) in [6, 6.07) is 9.61. The fraction of sp³-hybridized carbons (Fsp3) is 0.200. The van der Waals surface area contributed by atoms with Gasteiger partial charge in [0.1, 0.15) is 11.9 Å². The SMILES string of the molecule is Cc1cc(C)c(C#N)c(Nc2ccc3c(c2)OCO3)n1. The van der Waals surface area contributed by atoms with Gasteiger partial charge in [-0.1, -0.05) is 0 Å². The first kappa shape index (κ1) is 12.3. The molecule has 20 heavy (non-hydrogen) atoms. The maximum absolute atomic E-state index is 9.25. The minimum Gasteiger partial charge on any atom is -0.454 e. The number of anilines is 2. The number of nitriles is 1. The number of aryl methyl sites for hydroxylation is 2. The van der Waals surface area contributed by atoms with Crippen molar-refractivity contribution < 1.29 is 9.47 Å². The van der Waals surface area contributed by atoms with E-state index in [0.29, 0.717) is 17.1 Å². The highest BCUT2D eigenvalue weighted by atomic mass is 16.7. The quantitative estimate of drug-likeness (QED) is 0.905. The minimum absolute atomic E-state index is 0.240. The summed E-state index contributed by atoms with van der Waals surface area (Å²) in [6.07, 6.45) is 0. The number of rotatable bonds is 2. The molecule has 2 aromatic rings. The summed E-state index contributed by atoms with van der Waals surface area (Å²) in [7, 11) is 0. The van der Waals surface area contributed by atoms with Gasteiger partial charge in [-0.05, 0) is 37.6 Å². The molecule has 0 aliphatic carbocycles. The van der Waals surface area contributed by atoms with Crippen LogP contribution in [0, 0.1) is 25.2 Å². The maximum Gasteiger partial charge on any atom is 0.231 e. The van der Waals surface area contributed by atoms with Crippen molar-refractivity contribution in [1.82, 2.24) is 4.98 Å². The van der Waals surface area contributed by atoms with E-state index in [1.54, 1.807) is 0 Å². The summed E-state index contributed by atoms with van der Waals surface area (Å²) in [5, 5.41) is 12.4. The summed E-state index contributed by atoms with van der Waals surface area (Å²) >= 11 is 0. The zero-order valence-corrected chi connectivity index (χ0v) is 11.2. The molecule has 0 unspecified atom stereocenters. The van der Waals surface area contributed by atoms with Gasteiger partial charge in [-0.3, -0.25) is 0 Å². The highest BCUT2D eigenvalue weighted by molar-refractivity contribution is 5.67. The molecule has 1 aromatic heterocycles. The van der Waals surface area contributed by atoms with E-state index in [4.69, 9.17) is 9.47 Å². The lowest BCUT2D eigenvalue weighted by atomic mass is 10.1. The van der Waals surface area contributed by atoms with Crippen LogP contribution in [0.15, 0.2) is 24.3 Å². The van der Waals surface area contributed by atoms with Gasteiger partial charge in [-0.2, -0.15) is 5.26 Å². The lowest BCUT2D eigenvalue weighted by molar-refractivity contribution is 0.174. The molecule has 0 atom stereocenters. The van der Waals surface area contributed by atoms with Gasteiger partial charge in [0.15, 0.2) is 11.5 Å². The first-order valence-electron chi connectivity index (χ1n) is 6.22. The third-order valence-electron chi connectivity index (χ3n) is 3.09. The molecule has 3 rings (SSSR count). The monoisotopic (exact) mass is 267 g/mol. The lowest BCUT2D eigenvalue weighted by Crippen LogP contribution is -2.00. The molecule has 0 saturated heterocycles. The number of fused-ring (bicyclic) bond motifs is 1. The summed E-state index contributed by atoms with van der Waals surface area (Å²) in [6.45, 7) is 4.04. The van der Waals surface area contributed by atoms with Crippen LogP contribution in [0.1, 0.15) is 16.8 Å². The number of ether oxygens (including phenoxy) is 2. The van der Waals surface area contributed by atoms with Gasteiger partial charge in [0.05, 0.1) is 5.56 Å². The van der Waals surface area contributed by atoms with E-state index in [1.165, 1.54) is 0 Å². The first-order chi connectivity index (χ1) is 9.67. The molecular weight excluding hydrogens is 254 g/mol. The molecule has 1 aromatic carbocycles. The highest BCUT2D eigenvalue weighted by Gasteiger charge is 2.14. The molecule has 0 fully saturated rings. The predicted octanol–water partition coefficient (Wildman–Crippen LogP) is 3.04. The van der Waals surface area contributed by atoms with Crippen molar-refractivity contribution >= 4 is 11.5 Å². The van der Waals surface area contributed by atoms with Gasteiger partial charge in [-0.25, -0.2) is 4.98 Å². The van der Waals surface area contributed by atoms with Gasteiger partial charge in [0.2, 0.25) is 6.79 Å². The van der Waals surface area contributed by atoms with Gasteiger partial charge in [-0.15, -0.1) is 0 Å². The van der Waals surface area contributed by atoms with Gasteiger partial charge in [0, 0.05) is 17.4 Å². The third kappa shape index (κ3) is 2.12. The summed E-state index contributed by atoms with van der Waals surface area (Å²) in [5.74, 6) is 1.98. The predicted molar refractivity (Wildman–Crippen MR) is 74.3 cm³/mol. The average molecular weight is 267 g/mol. The second-order valence-corrected chi connectivity index (χ2v) is 4.61. The van der Waals surface area contributed by atoms with Crippen LogP contribution in [0.25, 0.3) is 0 Å². The second-order valence-electron chi connectivity index (χ2n) is 4.61. The molecule has 1 aliphatic rings. The smallest absolute Gasteiger partial charge is 0.231 e. The molecule has 1 aliphatic heterocycles. The van der Waals surface area contributed by atoms with Crippen molar-refractivity contribution in [3.8, 4) is 17.6 Å². The van der Waals surface area contributed by atoms with E-state index in [2.05, 4.69) is 16.4 Å². The van der Waals surface area contributed by atoms with E-state index in [-0.39, 0.29) is 6.79 Å². The number of hydrogen-bond acceptors (Lipinski definition) is 5. The Balaban J connectivity index is 1.97. The molecule has 0 saturated carbocycles. The van der Waals surface area contributed by atoms with Gasteiger partial charge < -0.3 is 14.8 Å². The van der Waals surface area contributed by atoms with Crippen LogP contribution in [0.3, 0.4) is 0 Å². The topological polar surface area (TPSA) is 67.2 Å². The highest BCUT2D eigenvalue weighted by Crippen LogP contribution is 2.35. The Kier molecular flexibility index (Phi) is 2.92. The fourth-order valence-electron chi connectivity index (χ4n) is 2.18. The molecule has 0 bridgehead atoms. The molecule has 0 spiro atoms. The zero-order chi connectivity index (χ0) is 14.1. The normalized spacial score (nSPS) is 12.1. The van der Waals surface area contributed by atoms with Gasteiger partial charge >= 0.3 is 0 Å². The number of nitrogens with one attached hydrogen (secondary N) is 1. The van der Waals surface area contributed by atoms with E-state index in [1.807, 2.05) is 38.1 Å². The van der Waals surface area contributed by atoms with Crippen molar-refractivity contribution in [2.24, 2.45) is 0 Å². The number of pyridine rings is 1. The number of aromatic nitrogens is 1. The second kappa shape index (κ2) is 4.74. The Labute approximate surface area is 116 Å². The summed E-state index contributed by atoms with van der Waals surface area (Å²) < 4.78 is 10.6. The van der Waals surface area contributed by atoms with Crippen molar-refractivity contribution in [2.75, 3.05) is 12.1 Å². The van der Waals surface area contributed by atoms with E-state index in [9.17, 15) is 5.26 Å². The Morgan fingerprint density at radius 3 is 2.80 bits per heavy atom. The molecule has 0 amide bonds. The van der Waals surface area contributed by atoms with E-state index in [0.717, 1.165) is 22.7 Å². The number of hydrogen-bond donors (Lipinski definition) is 1. The number of nitrogens with zero attached hydrogens (tertiary/aromatic N) is 2. The zero-order valence-electron chi connectivity index (χ0n) is 11.2. The molecule has 5 nitrogen and oxygen atoms in total. The van der Waals surface area contributed by atoms with Crippen LogP contribution in [0.2, 0.25) is 0 Å². The Morgan fingerprint density at radius 1 is 1.20 bits per heavy atom. The maximum atomic E-state index is 9.25. The molecule has 5 heteroatoms. The Morgan fingerprint density at radius 2 is 2.00 bits per heavy atom. The lowest BCUT2D eigenvalue weighted by Gasteiger charge is -2.10. The Hall–Kier alpha value is -2.74. The average Bonchev–Trinajstić information content (AvgIpc) is 2.85. The third-order valence-corrected chi connectivity index (χ3v) is 3.09. The summed E-state index contributed by atoms with van der Waals surface area (Å²) in [5.41, 5.74) is 3.13. The standard InChI is InChI=1S/C15H13N3O2/c1-9-5-10(2)17-15(12(9)7-16)18-11-3-4-13-14(6-11)20-8-19-13/h3-6H,8H2,1-2H3,(H,17,18). The molecule has 100 valence electrons. The van der Waals surface area contributed by atoms with E-state index >= 15 is 0 Å². The molecule has 1 N–H and O–H groups in total. The van der Waals surface area contributed by atoms with Crippen LogP contribution in [-0.4, -0.2) is 11.8 Å². The molecular formula is C15H13N3O2. The fourth-order valence-corrected chi connectivity index (χ4v) is 2.18. The minimum atomic E-state index is 0.240. The van der Waals surface area contributed by atoms with Gasteiger partial charge in [0.25, 0.3) is 0 Å². The first-order valence-corrected chi connectivity index (χ1v) is 6.22. The molecule has 0 radical (unpaired) electrons. The van der Waals surface area contributed by atoms with E-state index < -0.39 is 0 Å². The van der Waals surface area contributed by atoms with Crippen LogP contribution >= 0.6 is 0 Å². The van der Waals surface area contributed by atoms with Crippen LogP contribution < -0.4 is 14.8 Å².